The van der Waals surface area contributed by atoms with Gasteiger partial charge in [0.05, 0.1) is 0 Å². The number of hydrogen-bond acceptors (Lipinski definition) is 1. The summed E-state index contributed by atoms with van der Waals surface area (Å²) in [4.78, 5) is 1.43. The topological polar surface area (TPSA) is 0 Å². The molecule has 0 saturated heterocycles. The molecule has 0 bridgehead atoms. The van der Waals surface area contributed by atoms with E-state index in [1.54, 1.807) is 0 Å². The summed E-state index contributed by atoms with van der Waals surface area (Å²) in [6.07, 6.45) is 1.12. The Bertz CT molecular complexity index is 334. The van der Waals surface area contributed by atoms with Crippen molar-refractivity contribution in [2.24, 2.45) is 0 Å². The predicted octanol–water partition coefficient (Wildman–Crippen LogP) is 5.00. The molecule has 0 heterocycles. The Morgan fingerprint density at radius 1 is 1.13 bits per heavy atom. The van der Waals surface area contributed by atoms with Gasteiger partial charge in [-0.15, -0.1) is 11.8 Å². The maximum absolute atomic E-state index is 2.24. The standard InChI is InChI=1S/C14H20S.H2/c1-5-12-7-9-13(10-8-12)14(11(3)4)15-6-2;/h7-10H,5-6H2,1-4H3;1H. The summed E-state index contributed by atoms with van der Waals surface area (Å²) in [5, 5.41) is 0. The second kappa shape index (κ2) is 6.02. The minimum Gasteiger partial charge on any atom is -0.126 e. The molecule has 0 fully saturated rings. The molecule has 0 saturated carbocycles. The molecule has 15 heavy (non-hydrogen) atoms. The summed E-state index contributed by atoms with van der Waals surface area (Å²) in [6, 6.07) is 8.94. The van der Waals surface area contributed by atoms with Gasteiger partial charge in [0.2, 0.25) is 0 Å². The molecule has 0 spiro atoms. The van der Waals surface area contributed by atoms with Crippen LogP contribution in [0.4, 0.5) is 0 Å². The van der Waals surface area contributed by atoms with Crippen molar-refractivity contribution in [3.63, 3.8) is 0 Å². The molecule has 0 N–H and O–H groups in total. The summed E-state index contributed by atoms with van der Waals surface area (Å²) in [7, 11) is 0. The first-order valence-electron chi connectivity index (χ1n) is 5.58. The Balaban J connectivity index is 0.00000225. The average molecular weight is 222 g/mol. The predicted molar refractivity (Wildman–Crippen MR) is 74.3 cm³/mol. The van der Waals surface area contributed by atoms with E-state index in [1.165, 1.54) is 21.6 Å². The van der Waals surface area contributed by atoms with E-state index >= 15 is 0 Å². The van der Waals surface area contributed by atoms with E-state index in [9.17, 15) is 0 Å². The lowest BCUT2D eigenvalue weighted by Crippen LogP contribution is -1.86. The molecule has 0 atom stereocenters. The van der Waals surface area contributed by atoms with Crippen LogP contribution < -0.4 is 0 Å². The number of thioether (sulfide) groups is 1. The van der Waals surface area contributed by atoms with Crippen LogP contribution in [0.5, 0.6) is 0 Å². The largest absolute Gasteiger partial charge is 0.126 e. The van der Waals surface area contributed by atoms with E-state index in [2.05, 4.69) is 52.0 Å². The first-order valence-corrected chi connectivity index (χ1v) is 6.57. The third-order valence-electron chi connectivity index (χ3n) is 2.37. The van der Waals surface area contributed by atoms with Gasteiger partial charge < -0.3 is 0 Å². The molecule has 84 valence electrons. The third kappa shape index (κ3) is 3.42. The molecule has 0 aliphatic carbocycles. The van der Waals surface area contributed by atoms with Crippen LogP contribution >= 0.6 is 11.8 Å². The summed E-state index contributed by atoms with van der Waals surface area (Å²) < 4.78 is 0. The summed E-state index contributed by atoms with van der Waals surface area (Å²) in [5.41, 5.74) is 4.18. The quantitative estimate of drug-likeness (QED) is 0.691. The Hall–Kier alpha value is -0.690. The average Bonchev–Trinajstić information content (AvgIpc) is 2.26. The molecule has 0 aliphatic rings. The van der Waals surface area contributed by atoms with Gasteiger partial charge in [-0.2, -0.15) is 0 Å². The maximum Gasteiger partial charge on any atom is 0.0131 e. The van der Waals surface area contributed by atoms with E-state index in [0.717, 1.165) is 12.2 Å². The van der Waals surface area contributed by atoms with E-state index in [0.29, 0.717) is 0 Å². The van der Waals surface area contributed by atoms with Gasteiger partial charge in [-0.3, -0.25) is 0 Å². The Morgan fingerprint density at radius 2 is 1.73 bits per heavy atom. The number of hydrogen-bond donors (Lipinski definition) is 0. The minimum absolute atomic E-state index is 0. The van der Waals surface area contributed by atoms with Crippen molar-refractivity contribution < 1.29 is 1.43 Å². The minimum atomic E-state index is 0. The number of rotatable bonds is 4. The highest BCUT2D eigenvalue weighted by Crippen LogP contribution is 2.30. The van der Waals surface area contributed by atoms with Crippen LogP contribution in [0.15, 0.2) is 29.8 Å². The fourth-order valence-corrected chi connectivity index (χ4v) is 2.43. The Kier molecular flexibility index (Phi) is 4.97. The lowest BCUT2D eigenvalue weighted by molar-refractivity contribution is 1.14. The fraction of sp³-hybridized carbons (Fsp3) is 0.429. The second-order valence-corrected chi connectivity index (χ2v) is 5.09. The summed E-state index contributed by atoms with van der Waals surface area (Å²) in [6.45, 7) is 8.77. The fourth-order valence-electron chi connectivity index (χ4n) is 1.55. The highest BCUT2D eigenvalue weighted by molar-refractivity contribution is 8.08. The van der Waals surface area contributed by atoms with Crippen molar-refractivity contribution in [2.75, 3.05) is 5.75 Å². The zero-order valence-electron chi connectivity index (χ0n) is 10.1. The number of benzene rings is 1. The first-order chi connectivity index (χ1) is 7.19. The molecule has 1 aromatic rings. The molecule has 1 heteroatoms. The lowest BCUT2D eigenvalue weighted by Gasteiger charge is -2.09. The van der Waals surface area contributed by atoms with Crippen LogP contribution in [0.2, 0.25) is 0 Å². The maximum atomic E-state index is 2.24. The third-order valence-corrected chi connectivity index (χ3v) is 3.59. The molecule has 1 rings (SSSR count). The first kappa shape index (κ1) is 12.4. The normalized spacial score (nSPS) is 10.1. The van der Waals surface area contributed by atoms with Crippen LogP contribution in [0.25, 0.3) is 4.91 Å². The zero-order chi connectivity index (χ0) is 11.3. The molecular weight excluding hydrogens is 200 g/mol. The Labute approximate surface area is 99.3 Å². The number of allylic oxidation sites excluding steroid dienone is 1. The molecule has 0 aromatic heterocycles. The number of aryl methyl sites for hydroxylation is 1. The summed E-state index contributed by atoms with van der Waals surface area (Å²) >= 11 is 1.93. The summed E-state index contributed by atoms with van der Waals surface area (Å²) in [5.74, 6) is 1.13. The van der Waals surface area contributed by atoms with Gasteiger partial charge >= 0.3 is 0 Å². The molecule has 0 unspecified atom stereocenters. The van der Waals surface area contributed by atoms with Crippen molar-refractivity contribution >= 4 is 16.7 Å². The van der Waals surface area contributed by atoms with E-state index in [4.69, 9.17) is 0 Å². The zero-order valence-corrected chi connectivity index (χ0v) is 10.9. The van der Waals surface area contributed by atoms with Crippen molar-refractivity contribution in [3.8, 4) is 0 Å². The van der Waals surface area contributed by atoms with Crippen molar-refractivity contribution in [2.45, 2.75) is 34.1 Å². The smallest absolute Gasteiger partial charge is 0.0131 e. The van der Waals surface area contributed by atoms with Gasteiger partial charge in [0.25, 0.3) is 0 Å². The second-order valence-electron chi connectivity index (χ2n) is 3.81. The molecule has 1 aromatic carbocycles. The monoisotopic (exact) mass is 222 g/mol. The van der Waals surface area contributed by atoms with Crippen LogP contribution in [-0.4, -0.2) is 5.75 Å². The molecular formula is C14H22S. The van der Waals surface area contributed by atoms with Crippen LogP contribution in [-0.2, 0) is 6.42 Å². The molecule has 0 aliphatic heterocycles. The van der Waals surface area contributed by atoms with Crippen molar-refractivity contribution in [1.29, 1.82) is 0 Å². The SMILES string of the molecule is CCSC(=C(C)C)c1ccc(CC)cc1.[HH]. The van der Waals surface area contributed by atoms with E-state index in [-0.39, 0.29) is 1.43 Å². The van der Waals surface area contributed by atoms with Gasteiger partial charge in [0, 0.05) is 6.33 Å². The lowest BCUT2D eigenvalue weighted by atomic mass is 10.1. The molecule has 0 nitrogen and oxygen atoms in total. The highest BCUT2D eigenvalue weighted by Gasteiger charge is 2.03. The van der Waals surface area contributed by atoms with Gasteiger partial charge in [-0.1, -0.05) is 43.7 Å². The molecule has 0 amide bonds. The van der Waals surface area contributed by atoms with Crippen LogP contribution in [0.3, 0.4) is 0 Å². The van der Waals surface area contributed by atoms with E-state index < -0.39 is 0 Å². The Morgan fingerprint density at radius 3 is 2.13 bits per heavy atom. The van der Waals surface area contributed by atoms with Crippen molar-refractivity contribution in [1.82, 2.24) is 0 Å². The van der Waals surface area contributed by atoms with Crippen molar-refractivity contribution in [3.05, 3.63) is 41.0 Å². The van der Waals surface area contributed by atoms with Gasteiger partial charge in [0.15, 0.2) is 0 Å². The molecule has 0 radical (unpaired) electrons. The highest BCUT2D eigenvalue weighted by atomic mass is 32.2. The van der Waals surface area contributed by atoms with Crippen LogP contribution in [0, 0.1) is 0 Å². The van der Waals surface area contributed by atoms with Crippen LogP contribution in [0.1, 0.15) is 40.2 Å². The van der Waals surface area contributed by atoms with Gasteiger partial charge in [0.1, 0.15) is 0 Å². The van der Waals surface area contributed by atoms with Gasteiger partial charge in [-0.05, 0) is 37.1 Å². The van der Waals surface area contributed by atoms with Gasteiger partial charge in [-0.25, -0.2) is 0 Å². The van der Waals surface area contributed by atoms with E-state index in [1.807, 2.05) is 11.8 Å².